The second-order valence-corrected chi connectivity index (χ2v) is 7.15. The summed E-state index contributed by atoms with van der Waals surface area (Å²) < 4.78 is 0. The average Bonchev–Trinajstić information content (AvgIpc) is 2.27. The summed E-state index contributed by atoms with van der Waals surface area (Å²) in [5.41, 5.74) is 7.73. The number of anilines is 2. The van der Waals surface area contributed by atoms with Crippen LogP contribution in [0, 0.1) is 5.41 Å². The first-order valence-electron chi connectivity index (χ1n) is 6.77. The Hall–Kier alpha value is -0.600. The largest absolute Gasteiger partial charge is 0.399 e. The topological polar surface area (TPSA) is 29.3 Å². The van der Waals surface area contributed by atoms with Gasteiger partial charge in [-0.15, -0.1) is 0 Å². The molecular formula is C15H22Cl2N2. The molecule has 19 heavy (non-hydrogen) atoms. The zero-order valence-electron chi connectivity index (χ0n) is 11.8. The van der Waals surface area contributed by atoms with Crippen molar-refractivity contribution in [1.29, 1.82) is 0 Å². The van der Waals surface area contributed by atoms with Crippen molar-refractivity contribution >= 4 is 34.6 Å². The Kier molecular flexibility index (Phi) is 4.22. The van der Waals surface area contributed by atoms with Gasteiger partial charge in [0.1, 0.15) is 0 Å². The van der Waals surface area contributed by atoms with E-state index in [2.05, 4.69) is 25.8 Å². The van der Waals surface area contributed by atoms with Crippen molar-refractivity contribution in [2.75, 3.05) is 17.7 Å². The lowest BCUT2D eigenvalue weighted by molar-refractivity contribution is 0.222. The molecule has 0 unspecified atom stereocenters. The van der Waals surface area contributed by atoms with Gasteiger partial charge in [-0.1, -0.05) is 37.0 Å². The van der Waals surface area contributed by atoms with Crippen LogP contribution in [0.25, 0.3) is 0 Å². The van der Waals surface area contributed by atoms with Gasteiger partial charge in [0, 0.05) is 18.8 Å². The first-order valence-corrected chi connectivity index (χ1v) is 7.53. The molecule has 1 aromatic carbocycles. The van der Waals surface area contributed by atoms with Crippen LogP contribution in [-0.4, -0.2) is 13.1 Å². The van der Waals surface area contributed by atoms with E-state index in [0.717, 1.165) is 5.69 Å². The molecule has 0 bridgehead atoms. The first-order chi connectivity index (χ1) is 8.80. The first kappa shape index (κ1) is 14.8. The minimum Gasteiger partial charge on any atom is -0.399 e. The molecule has 0 saturated heterocycles. The van der Waals surface area contributed by atoms with Crippen LogP contribution in [0.3, 0.4) is 0 Å². The summed E-state index contributed by atoms with van der Waals surface area (Å²) in [6.07, 6.45) is 4.85. The molecule has 106 valence electrons. The Labute approximate surface area is 125 Å². The molecule has 0 amide bonds. The molecule has 1 fully saturated rings. The molecule has 0 aromatic heterocycles. The minimum absolute atomic E-state index is 0.464. The van der Waals surface area contributed by atoms with E-state index in [-0.39, 0.29) is 0 Å². The number of hydrogen-bond acceptors (Lipinski definition) is 2. The van der Waals surface area contributed by atoms with Gasteiger partial charge in [-0.3, -0.25) is 0 Å². The second kappa shape index (κ2) is 5.41. The molecule has 2 nitrogen and oxygen atoms in total. The van der Waals surface area contributed by atoms with Crippen LogP contribution in [0.4, 0.5) is 11.4 Å². The maximum absolute atomic E-state index is 6.30. The standard InChI is InChI=1S/C15H22Cl2N2/c1-15(2)6-4-11(5-7-15)19(3)14-12(16)8-10(18)9-13(14)17/h8-9,11H,4-7,18H2,1-3H3. The zero-order valence-corrected chi connectivity index (χ0v) is 13.4. The van der Waals surface area contributed by atoms with Crippen LogP contribution in [0.15, 0.2) is 12.1 Å². The Morgan fingerprint density at radius 1 is 1.16 bits per heavy atom. The lowest BCUT2D eigenvalue weighted by Gasteiger charge is -2.40. The van der Waals surface area contributed by atoms with E-state index in [1.165, 1.54) is 25.7 Å². The van der Waals surface area contributed by atoms with Crippen molar-refractivity contribution in [1.82, 2.24) is 0 Å². The van der Waals surface area contributed by atoms with Gasteiger partial charge in [-0.25, -0.2) is 0 Å². The summed E-state index contributed by atoms with van der Waals surface area (Å²) in [4.78, 5) is 2.22. The monoisotopic (exact) mass is 300 g/mol. The maximum atomic E-state index is 6.30. The normalized spacial score (nSPS) is 19.4. The number of nitrogens with zero attached hydrogens (tertiary/aromatic N) is 1. The Balaban J connectivity index is 2.19. The van der Waals surface area contributed by atoms with Crippen molar-refractivity contribution in [2.24, 2.45) is 5.41 Å². The fourth-order valence-corrected chi connectivity index (χ4v) is 3.65. The zero-order chi connectivity index (χ0) is 14.2. The van der Waals surface area contributed by atoms with Gasteiger partial charge in [0.05, 0.1) is 15.7 Å². The Bertz CT molecular complexity index is 438. The quantitative estimate of drug-likeness (QED) is 0.780. The van der Waals surface area contributed by atoms with Crippen LogP contribution in [0.5, 0.6) is 0 Å². The third-order valence-corrected chi connectivity index (χ3v) is 4.82. The van der Waals surface area contributed by atoms with Crippen molar-refractivity contribution < 1.29 is 0 Å². The highest BCUT2D eigenvalue weighted by Crippen LogP contribution is 2.41. The fourth-order valence-electron chi connectivity index (χ4n) is 2.88. The van der Waals surface area contributed by atoms with Crippen molar-refractivity contribution in [3.63, 3.8) is 0 Å². The number of halogens is 2. The van der Waals surface area contributed by atoms with Gasteiger partial charge in [-0.2, -0.15) is 0 Å². The van der Waals surface area contributed by atoms with Gasteiger partial charge in [0.2, 0.25) is 0 Å². The summed E-state index contributed by atoms with van der Waals surface area (Å²) in [6, 6.07) is 4.05. The molecule has 1 aliphatic carbocycles. The third kappa shape index (κ3) is 3.29. The third-order valence-electron chi connectivity index (χ3n) is 4.25. The molecule has 0 spiro atoms. The summed E-state index contributed by atoms with van der Waals surface area (Å²) in [5, 5.41) is 1.27. The molecule has 0 aliphatic heterocycles. The van der Waals surface area contributed by atoms with Gasteiger partial charge in [0.15, 0.2) is 0 Å². The molecule has 0 radical (unpaired) electrons. The van der Waals surface area contributed by atoms with E-state index in [1.54, 1.807) is 12.1 Å². The molecule has 0 atom stereocenters. The van der Waals surface area contributed by atoms with Crippen molar-refractivity contribution in [3.8, 4) is 0 Å². The molecule has 1 saturated carbocycles. The molecule has 0 heterocycles. The number of nitrogen functional groups attached to an aromatic ring is 1. The smallest absolute Gasteiger partial charge is 0.0746 e. The van der Waals surface area contributed by atoms with E-state index in [0.29, 0.717) is 27.2 Å². The van der Waals surface area contributed by atoms with E-state index < -0.39 is 0 Å². The van der Waals surface area contributed by atoms with Crippen LogP contribution < -0.4 is 10.6 Å². The second-order valence-electron chi connectivity index (χ2n) is 6.34. The highest BCUT2D eigenvalue weighted by Gasteiger charge is 2.30. The lowest BCUT2D eigenvalue weighted by Crippen LogP contribution is -2.37. The maximum Gasteiger partial charge on any atom is 0.0746 e. The summed E-state index contributed by atoms with van der Waals surface area (Å²) in [7, 11) is 2.08. The summed E-state index contributed by atoms with van der Waals surface area (Å²) in [5.74, 6) is 0. The van der Waals surface area contributed by atoms with E-state index in [1.807, 2.05) is 0 Å². The molecule has 2 N–H and O–H groups in total. The Morgan fingerprint density at radius 2 is 1.63 bits per heavy atom. The van der Waals surface area contributed by atoms with Gasteiger partial charge < -0.3 is 10.6 Å². The number of rotatable bonds is 2. The van der Waals surface area contributed by atoms with E-state index >= 15 is 0 Å². The lowest BCUT2D eigenvalue weighted by atomic mass is 9.75. The molecule has 4 heteroatoms. The predicted molar refractivity (Wildman–Crippen MR) is 85.3 cm³/mol. The van der Waals surface area contributed by atoms with E-state index in [9.17, 15) is 0 Å². The number of nitrogens with two attached hydrogens (primary N) is 1. The number of hydrogen-bond donors (Lipinski definition) is 1. The average molecular weight is 301 g/mol. The fraction of sp³-hybridized carbons (Fsp3) is 0.600. The van der Waals surface area contributed by atoms with E-state index in [4.69, 9.17) is 28.9 Å². The van der Waals surface area contributed by atoms with Crippen molar-refractivity contribution in [3.05, 3.63) is 22.2 Å². The molecular weight excluding hydrogens is 279 g/mol. The van der Waals surface area contributed by atoms with Crippen LogP contribution >= 0.6 is 23.2 Å². The highest BCUT2D eigenvalue weighted by molar-refractivity contribution is 6.39. The molecule has 2 rings (SSSR count). The van der Waals surface area contributed by atoms with Crippen LogP contribution in [0.1, 0.15) is 39.5 Å². The van der Waals surface area contributed by atoms with Crippen LogP contribution in [0.2, 0.25) is 10.0 Å². The summed E-state index contributed by atoms with van der Waals surface area (Å²) >= 11 is 12.6. The minimum atomic E-state index is 0.464. The van der Waals surface area contributed by atoms with Crippen molar-refractivity contribution in [2.45, 2.75) is 45.6 Å². The number of benzene rings is 1. The van der Waals surface area contributed by atoms with Gasteiger partial charge in [0.25, 0.3) is 0 Å². The molecule has 1 aliphatic rings. The van der Waals surface area contributed by atoms with Gasteiger partial charge >= 0.3 is 0 Å². The predicted octanol–water partition coefficient (Wildman–Crippen LogP) is 4.98. The Morgan fingerprint density at radius 3 is 2.11 bits per heavy atom. The SMILES string of the molecule is CN(c1c(Cl)cc(N)cc1Cl)C1CCC(C)(C)CC1. The summed E-state index contributed by atoms with van der Waals surface area (Å²) in [6.45, 7) is 4.68. The highest BCUT2D eigenvalue weighted by atomic mass is 35.5. The molecule has 1 aromatic rings. The van der Waals surface area contributed by atoms with Crippen LogP contribution in [-0.2, 0) is 0 Å². The van der Waals surface area contributed by atoms with Gasteiger partial charge in [-0.05, 0) is 43.2 Å².